The predicted molar refractivity (Wildman–Crippen MR) is 203 cm³/mol. The summed E-state index contributed by atoms with van der Waals surface area (Å²) in [6.45, 7) is 4.13. The van der Waals surface area contributed by atoms with Crippen molar-refractivity contribution in [2.24, 2.45) is 17.6 Å². The van der Waals surface area contributed by atoms with E-state index in [1.54, 1.807) is 6.07 Å². The zero-order valence-electron chi connectivity index (χ0n) is 30.5. The molecule has 2 atom stereocenters. The number of anilines is 1. The first-order chi connectivity index (χ1) is 26.2. The third kappa shape index (κ3) is 9.89. The summed E-state index contributed by atoms with van der Waals surface area (Å²) in [6, 6.07) is 17.9. The van der Waals surface area contributed by atoms with Crippen LogP contribution in [0.1, 0.15) is 59.4 Å². The van der Waals surface area contributed by atoms with Crippen molar-refractivity contribution in [1.29, 1.82) is 0 Å². The van der Waals surface area contributed by atoms with Crippen LogP contribution < -0.4 is 27.0 Å². The third-order valence-electron chi connectivity index (χ3n) is 10.3. The number of hydrogen-bond acceptors (Lipinski definition) is 7. The molecule has 11 nitrogen and oxygen atoms in total. The van der Waals surface area contributed by atoms with Crippen molar-refractivity contribution in [3.8, 4) is 22.5 Å². The molecule has 2 heterocycles. The number of nitrogens with one attached hydrogen (secondary N) is 5. The van der Waals surface area contributed by atoms with Gasteiger partial charge in [-0.05, 0) is 117 Å². The molecule has 4 aromatic rings. The monoisotopic (exact) mass is 802 g/mol. The smallest absolute Gasteiger partial charge is 0.348 e. The molecule has 1 saturated carbocycles. The second-order valence-electron chi connectivity index (χ2n) is 14.3. The molecule has 1 saturated heterocycles. The number of aromatic nitrogens is 3. The molecule has 300 valence electrons. The van der Waals surface area contributed by atoms with Crippen LogP contribution in [0.4, 0.5) is 27.6 Å². The van der Waals surface area contributed by atoms with E-state index in [9.17, 15) is 36.3 Å². The van der Waals surface area contributed by atoms with Gasteiger partial charge in [0.25, 0.3) is 5.91 Å². The van der Waals surface area contributed by atoms with E-state index in [4.69, 9.17) is 5.73 Å². The van der Waals surface area contributed by atoms with Crippen molar-refractivity contribution < 1.29 is 36.3 Å². The number of nitrogens with two attached hydrogens (primary N) is 1. The molecule has 2 fully saturated rings. The van der Waals surface area contributed by atoms with Crippen molar-refractivity contribution in [1.82, 2.24) is 31.1 Å². The van der Waals surface area contributed by atoms with E-state index in [1.807, 2.05) is 43.3 Å². The minimum absolute atomic E-state index is 0. The molecule has 0 radical (unpaired) electrons. The van der Waals surface area contributed by atoms with Gasteiger partial charge in [-0.2, -0.15) is 27.1 Å². The van der Waals surface area contributed by atoms with Crippen LogP contribution in [0.15, 0.2) is 66.7 Å². The molecule has 2 aliphatic rings. The van der Waals surface area contributed by atoms with Gasteiger partial charge in [0.1, 0.15) is 6.04 Å². The van der Waals surface area contributed by atoms with Crippen LogP contribution in [0.5, 0.6) is 0 Å². The molecule has 0 spiro atoms. The third-order valence-corrected chi connectivity index (χ3v) is 10.3. The number of nitrogens with zero attached hydrogens (tertiary/aromatic N) is 2. The van der Waals surface area contributed by atoms with Gasteiger partial charge in [0.2, 0.25) is 17.6 Å². The quantitative estimate of drug-likeness (QED) is 0.0950. The Morgan fingerprint density at radius 2 is 1.59 bits per heavy atom. The van der Waals surface area contributed by atoms with Gasteiger partial charge in [-0.25, -0.2) is 4.98 Å². The van der Waals surface area contributed by atoms with Crippen LogP contribution in [-0.2, 0) is 21.9 Å². The van der Waals surface area contributed by atoms with E-state index in [2.05, 4.69) is 36.4 Å². The summed E-state index contributed by atoms with van der Waals surface area (Å²) in [5.41, 5.74) is 10.4. The van der Waals surface area contributed by atoms with Gasteiger partial charge >= 0.3 is 12.1 Å². The number of carbonyl (C=O) groups is 3. The Hall–Kier alpha value is -4.93. The summed E-state index contributed by atoms with van der Waals surface area (Å²) in [5, 5.41) is 17.2. The standard InChI is InChI=1S/C39H43F5N8O3.ClH/c1-22-18-28(35(54)48-30-16-17-46-21-30)12-15-31(22)25-6-2-23(3-7-25)19-32(49-34(53)27-8-4-24(20-45)5-9-27)36(55)47-29-13-10-26(11-14-29)33-50-37(52-51-33)38(40,41)39(42,43)44;/h2-3,6-7,10-15,18,24,27,30,32,46H,4-5,8-9,16-17,19-21,45H2,1H3,(H,47,55)(H,48,54)(H,49,53)(H,50,51,52);1H/t24-,27-,30-,32+;/m1./s1. The molecule has 3 aromatic carbocycles. The van der Waals surface area contributed by atoms with E-state index in [1.165, 1.54) is 24.3 Å². The van der Waals surface area contributed by atoms with E-state index < -0.39 is 29.9 Å². The van der Waals surface area contributed by atoms with Gasteiger partial charge in [-0.15, -0.1) is 12.4 Å². The van der Waals surface area contributed by atoms with Gasteiger partial charge in [0.15, 0.2) is 5.82 Å². The zero-order valence-corrected chi connectivity index (χ0v) is 31.3. The maximum absolute atomic E-state index is 13.7. The van der Waals surface area contributed by atoms with Crippen LogP contribution in [0.25, 0.3) is 22.5 Å². The lowest BCUT2D eigenvalue weighted by Crippen LogP contribution is -2.48. The number of H-pyrrole nitrogens is 1. The molecular formula is C39H44ClF5N8O3. The summed E-state index contributed by atoms with van der Waals surface area (Å²) in [6.07, 6.45) is -1.84. The van der Waals surface area contributed by atoms with Crippen molar-refractivity contribution in [2.75, 3.05) is 25.0 Å². The highest BCUT2D eigenvalue weighted by atomic mass is 35.5. The Balaban J connectivity index is 0.00000600. The number of aromatic amines is 1. The predicted octanol–water partition coefficient (Wildman–Crippen LogP) is 6.05. The molecule has 1 aromatic heterocycles. The average molecular weight is 803 g/mol. The molecule has 0 unspecified atom stereocenters. The number of benzene rings is 3. The molecular weight excluding hydrogens is 759 g/mol. The number of rotatable bonds is 12. The minimum atomic E-state index is -5.86. The van der Waals surface area contributed by atoms with E-state index in [0.717, 1.165) is 54.6 Å². The highest BCUT2D eigenvalue weighted by Crippen LogP contribution is 2.42. The fourth-order valence-electron chi connectivity index (χ4n) is 6.99. The lowest BCUT2D eigenvalue weighted by molar-refractivity contribution is -0.292. The van der Waals surface area contributed by atoms with Gasteiger partial charge in [0, 0.05) is 41.7 Å². The lowest BCUT2D eigenvalue weighted by atomic mass is 9.81. The summed E-state index contributed by atoms with van der Waals surface area (Å²) < 4.78 is 65.8. The highest BCUT2D eigenvalue weighted by molar-refractivity contribution is 5.98. The molecule has 7 N–H and O–H groups in total. The van der Waals surface area contributed by atoms with E-state index in [0.29, 0.717) is 36.6 Å². The fourth-order valence-corrected chi connectivity index (χ4v) is 6.99. The Kier molecular flexibility index (Phi) is 13.5. The first-order valence-corrected chi connectivity index (χ1v) is 18.2. The van der Waals surface area contributed by atoms with Crippen molar-refractivity contribution in [2.45, 2.75) is 69.6 Å². The Morgan fingerprint density at radius 3 is 2.20 bits per heavy atom. The van der Waals surface area contributed by atoms with Crippen LogP contribution in [0.3, 0.4) is 0 Å². The number of alkyl halides is 5. The van der Waals surface area contributed by atoms with Gasteiger partial charge in [-0.3, -0.25) is 19.5 Å². The maximum atomic E-state index is 13.7. The molecule has 17 heteroatoms. The second kappa shape index (κ2) is 17.9. The molecule has 0 bridgehead atoms. The van der Waals surface area contributed by atoms with E-state index in [-0.39, 0.29) is 54.0 Å². The molecule has 1 aliphatic carbocycles. The highest BCUT2D eigenvalue weighted by Gasteiger charge is 2.61. The normalized spacial score (nSPS) is 19.1. The first kappa shape index (κ1) is 42.2. The van der Waals surface area contributed by atoms with Crippen LogP contribution in [-0.4, -0.2) is 70.8 Å². The lowest BCUT2D eigenvalue weighted by Gasteiger charge is -2.28. The largest absolute Gasteiger partial charge is 0.461 e. The number of carbonyl (C=O) groups excluding carboxylic acids is 3. The Morgan fingerprint density at radius 1 is 0.911 bits per heavy atom. The Bertz CT molecular complexity index is 1980. The SMILES string of the molecule is Cc1cc(C(=O)N[C@@H]2CCNC2)ccc1-c1ccc(C[C@H](NC(=O)[C@H]2CC[C@H](CN)CC2)C(=O)Nc2ccc(-c3nc(C(F)(F)C(F)(F)F)n[nH]3)cc2)cc1.Cl. The maximum Gasteiger partial charge on any atom is 0.461 e. The van der Waals surface area contributed by atoms with Gasteiger partial charge < -0.3 is 27.0 Å². The van der Waals surface area contributed by atoms with Crippen molar-refractivity contribution >= 4 is 35.8 Å². The summed E-state index contributed by atoms with van der Waals surface area (Å²) >= 11 is 0. The van der Waals surface area contributed by atoms with Crippen LogP contribution in [0, 0.1) is 18.8 Å². The molecule has 6 rings (SSSR count). The molecule has 3 amide bonds. The summed E-state index contributed by atoms with van der Waals surface area (Å²) in [5.74, 6) is -8.03. The Labute approximate surface area is 326 Å². The molecule has 1 aliphatic heterocycles. The number of amides is 3. The molecule has 56 heavy (non-hydrogen) atoms. The summed E-state index contributed by atoms with van der Waals surface area (Å²) in [4.78, 5) is 43.3. The fraction of sp³-hybridized carbons (Fsp3) is 0.410. The van der Waals surface area contributed by atoms with E-state index >= 15 is 0 Å². The first-order valence-electron chi connectivity index (χ1n) is 18.2. The minimum Gasteiger partial charge on any atom is -0.348 e. The topological polar surface area (TPSA) is 167 Å². The second-order valence-corrected chi connectivity index (χ2v) is 14.3. The zero-order chi connectivity index (χ0) is 39.3. The number of halogens is 6. The van der Waals surface area contributed by atoms with Crippen LogP contribution in [0.2, 0.25) is 0 Å². The van der Waals surface area contributed by atoms with Gasteiger partial charge in [-0.1, -0.05) is 30.3 Å². The summed E-state index contributed by atoms with van der Waals surface area (Å²) in [7, 11) is 0. The number of hydrogen-bond donors (Lipinski definition) is 6. The van der Waals surface area contributed by atoms with Crippen LogP contribution >= 0.6 is 12.4 Å². The van der Waals surface area contributed by atoms with Crippen molar-refractivity contribution in [3.63, 3.8) is 0 Å². The number of aryl methyl sites for hydroxylation is 1. The average Bonchev–Trinajstić information content (AvgIpc) is 3.88. The van der Waals surface area contributed by atoms with Gasteiger partial charge in [0.05, 0.1) is 0 Å². The van der Waals surface area contributed by atoms with Crippen molar-refractivity contribution in [3.05, 3.63) is 89.2 Å².